The van der Waals surface area contributed by atoms with Crippen molar-refractivity contribution >= 4 is 25.3 Å². The van der Waals surface area contributed by atoms with Gasteiger partial charge in [0.05, 0.1) is 0 Å². The summed E-state index contributed by atoms with van der Waals surface area (Å²) >= 11 is 8.39. The molecule has 0 radical (unpaired) electrons. The lowest BCUT2D eigenvalue weighted by molar-refractivity contribution is 0.460. The molecule has 1 rings (SSSR count). The average molecular weight is 200 g/mol. The summed E-state index contributed by atoms with van der Waals surface area (Å²) in [7, 11) is 0. The summed E-state index contributed by atoms with van der Waals surface area (Å²) in [6.45, 7) is 4.17. The number of benzene rings is 1. The fourth-order valence-electron chi connectivity index (χ4n) is 1.04. The van der Waals surface area contributed by atoms with Gasteiger partial charge in [0.25, 0.3) is 0 Å². The lowest BCUT2D eigenvalue weighted by Crippen LogP contribution is -1.89. The maximum absolute atomic E-state index is 9.28. The SMILES string of the molecule is CC(C)c1cc(S)c(O)cc1S. The molecule has 0 amide bonds. The van der Waals surface area contributed by atoms with Crippen LogP contribution in [0.5, 0.6) is 5.75 Å². The quantitative estimate of drug-likeness (QED) is 0.595. The van der Waals surface area contributed by atoms with Gasteiger partial charge in [0.1, 0.15) is 5.75 Å². The van der Waals surface area contributed by atoms with Crippen LogP contribution in [-0.2, 0) is 0 Å². The third-order valence-corrected chi connectivity index (χ3v) is 2.49. The zero-order chi connectivity index (χ0) is 9.30. The first-order chi connectivity index (χ1) is 5.52. The van der Waals surface area contributed by atoms with Crippen molar-refractivity contribution in [1.82, 2.24) is 0 Å². The second-order valence-electron chi connectivity index (χ2n) is 3.05. The molecular formula is C9H12OS2. The lowest BCUT2D eigenvalue weighted by Gasteiger charge is -2.10. The van der Waals surface area contributed by atoms with Crippen molar-refractivity contribution in [3.05, 3.63) is 17.7 Å². The molecule has 0 saturated heterocycles. The molecule has 0 fully saturated rings. The molecule has 12 heavy (non-hydrogen) atoms. The van der Waals surface area contributed by atoms with Crippen LogP contribution in [-0.4, -0.2) is 5.11 Å². The molecule has 0 spiro atoms. The monoisotopic (exact) mass is 200 g/mol. The second kappa shape index (κ2) is 3.62. The van der Waals surface area contributed by atoms with Crippen LogP contribution in [0.4, 0.5) is 0 Å². The molecule has 0 heterocycles. The molecule has 66 valence electrons. The van der Waals surface area contributed by atoms with Crippen LogP contribution < -0.4 is 0 Å². The number of rotatable bonds is 1. The van der Waals surface area contributed by atoms with Crippen molar-refractivity contribution in [3.8, 4) is 5.75 Å². The highest BCUT2D eigenvalue weighted by molar-refractivity contribution is 7.80. The lowest BCUT2D eigenvalue weighted by atomic mass is 10.0. The van der Waals surface area contributed by atoms with Crippen LogP contribution in [0.1, 0.15) is 25.3 Å². The number of aromatic hydroxyl groups is 1. The first-order valence-electron chi connectivity index (χ1n) is 3.77. The molecule has 1 N–H and O–H groups in total. The maximum Gasteiger partial charge on any atom is 0.130 e. The fraction of sp³-hybridized carbons (Fsp3) is 0.333. The summed E-state index contributed by atoms with van der Waals surface area (Å²) < 4.78 is 0. The van der Waals surface area contributed by atoms with E-state index in [1.165, 1.54) is 0 Å². The topological polar surface area (TPSA) is 20.2 Å². The van der Waals surface area contributed by atoms with E-state index in [0.717, 1.165) is 10.5 Å². The minimum Gasteiger partial charge on any atom is -0.507 e. The average Bonchev–Trinajstić information content (AvgIpc) is 1.96. The molecule has 0 saturated carbocycles. The van der Waals surface area contributed by atoms with Crippen molar-refractivity contribution < 1.29 is 5.11 Å². The smallest absolute Gasteiger partial charge is 0.130 e. The second-order valence-corrected chi connectivity index (χ2v) is 4.02. The molecule has 0 atom stereocenters. The first-order valence-corrected chi connectivity index (χ1v) is 4.66. The Morgan fingerprint density at radius 2 is 1.75 bits per heavy atom. The number of phenols is 1. The van der Waals surface area contributed by atoms with E-state index in [0.29, 0.717) is 10.8 Å². The molecule has 1 aromatic rings. The Labute approximate surface area is 83.6 Å². The summed E-state index contributed by atoms with van der Waals surface area (Å²) in [6.07, 6.45) is 0. The minimum atomic E-state index is 0.188. The van der Waals surface area contributed by atoms with Gasteiger partial charge >= 0.3 is 0 Å². The molecule has 1 aromatic carbocycles. The molecule has 0 aliphatic rings. The van der Waals surface area contributed by atoms with Gasteiger partial charge in [0, 0.05) is 9.79 Å². The van der Waals surface area contributed by atoms with Gasteiger partial charge < -0.3 is 5.11 Å². The van der Waals surface area contributed by atoms with E-state index in [1.54, 1.807) is 6.07 Å². The largest absolute Gasteiger partial charge is 0.507 e. The van der Waals surface area contributed by atoms with Crippen molar-refractivity contribution in [2.45, 2.75) is 29.6 Å². The third kappa shape index (κ3) is 1.90. The van der Waals surface area contributed by atoms with Crippen molar-refractivity contribution in [2.75, 3.05) is 0 Å². The van der Waals surface area contributed by atoms with Crippen LogP contribution in [0.25, 0.3) is 0 Å². The van der Waals surface area contributed by atoms with E-state index < -0.39 is 0 Å². The van der Waals surface area contributed by atoms with Crippen LogP contribution in [0.2, 0.25) is 0 Å². The van der Waals surface area contributed by atoms with Crippen molar-refractivity contribution in [3.63, 3.8) is 0 Å². The Balaban J connectivity index is 3.23. The van der Waals surface area contributed by atoms with Gasteiger partial charge in [0.15, 0.2) is 0 Å². The van der Waals surface area contributed by atoms with Gasteiger partial charge in [-0.3, -0.25) is 0 Å². The van der Waals surface area contributed by atoms with E-state index in [1.807, 2.05) is 6.07 Å². The van der Waals surface area contributed by atoms with Gasteiger partial charge in [0.2, 0.25) is 0 Å². The normalized spacial score (nSPS) is 10.8. The summed E-state index contributed by atoms with van der Waals surface area (Å²) in [5, 5.41) is 9.28. The van der Waals surface area contributed by atoms with E-state index in [4.69, 9.17) is 0 Å². The summed E-state index contributed by atoms with van der Waals surface area (Å²) in [5.41, 5.74) is 1.11. The number of hydrogen-bond acceptors (Lipinski definition) is 3. The van der Waals surface area contributed by atoms with E-state index >= 15 is 0 Å². The number of hydrogen-bond donors (Lipinski definition) is 3. The highest BCUT2D eigenvalue weighted by atomic mass is 32.1. The molecule has 1 nitrogen and oxygen atoms in total. The first kappa shape index (κ1) is 9.81. The van der Waals surface area contributed by atoms with Crippen LogP contribution in [0.3, 0.4) is 0 Å². The summed E-state index contributed by atoms with van der Waals surface area (Å²) in [6, 6.07) is 3.48. The molecule has 0 aliphatic heterocycles. The van der Waals surface area contributed by atoms with Gasteiger partial charge in [-0.15, -0.1) is 25.3 Å². The van der Waals surface area contributed by atoms with Gasteiger partial charge in [-0.2, -0.15) is 0 Å². The molecular weight excluding hydrogens is 188 g/mol. The van der Waals surface area contributed by atoms with Crippen molar-refractivity contribution in [2.24, 2.45) is 0 Å². The molecule has 0 aliphatic carbocycles. The number of phenolic OH excluding ortho intramolecular Hbond substituents is 1. The fourth-order valence-corrected chi connectivity index (χ4v) is 1.69. The molecule has 0 bridgehead atoms. The van der Waals surface area contributed by atoms with E-state index in [9.17, 15) is 5.11 Å². The Morgan fingerprint density at radius 3 is 2.25 bits per heavy atom. The summed E-state index contributed by atoms with van der Waals surface area (Å²) in [4.78, 5) is 1.43. The predicted molar refractivity (Wildman–Crippen MR) is 56.7 cm³/mol. The van der Waals surface area contributed by atoms with Gasteiger partial charge in [-0.05, 0) is 23.6 Å². The van der Waals surface area contributed by atoms with Gasteiger partial charge in [-0.1, -0.05) is 13.8 Å². The Morgan fingerprint density at radius 1 is 1.17 bits per heavy atom. The molecule has 0 unspecified atom stereocenters. The minimum absolute atomic E-state index is 0.188. The predicted octanol–water partition coefficient (Wildman–Crippen LogP) is 3.09. The standard InChI is InChI=1S/C9H12OS2/c1-5(2)6-3-9(12)7(10)4-8(6)11/h3-5,10-12H,1-2H3. The Kier molecular flexibility index (Phi) is 2.96. The van der Waals surface area contributed by atoms with Crippen LogP contribution >= 0.6 is 25.3 Å². The molecule has 3 heteroatoms. The highest BCUT2D eigenvalue weighted by Gasteiger charge is 2.07. The van der Waals surface area contributed by atoms with Crippen LogP contribution in [0.15, 0.2) is 21.9 Å². The van der Waals surface area contributed by atoms with Crippen molar-refractivity contribution in [1.29, 1.82) is 0 Å². The zero-order valence-corrected chi connectivity index (χ0v) is 8.86. The van der Waals surface area contributed by atoms with Crippen LogP contribution in [0, 0.1) is 0 Å². The Bertz CT molecular complexity index is 295. The number of thiol groups is 2. The summed E-state index contributed by atoms with van der Waals surface area (Å²) in [5.74, 6) is 0.594. The molecule has 0 aromatic heterocycles. The zero-order valence-electron chi connectivity index (χ0n) is 7.07. The van der Waals surface area contributed by atoms with Gasteiger partial charge in [-0.25, -0.2) is 0 Å². The van der Waals surface area contributed by atoms with E-state index in [-0.39, 0.29) is 5.75 Å². The van der Waals surface area contributed by atoms with E-state index in [2.05, 4.69) is 39.1 Å². The third-order valence-electron chi connectivity index (χ3n) is 1.75. The highest BCUT2D eigenvalue weighted by Crippen LogP contribution is 2.31. The Hall–Kier alpha value is -0.280. The maximum atomic E-state index is 9.28.